The van der Waals surface area contributed by atoms with E-state index in [2.05, 4.69) is 5.32 Å². The van der Waals surface area contributed by atoms with Crippen molar-refractivity contribution in [3.8, 4) is 11.5 Å². The first-order chi connectivity index (χ1) is 12.3. The zero-order chi connectivity index (χ0) is 19.3. The molecule has 0 aliphatic carbocycles. The van der Waals surface area contributed by atoms with Crippen molar-refractivity contribution < 1.29 is 22.7 Å². The maximum atomic E-state index is 12.5. The normalized spacial score (nSPS) is 11.3. The van der Waals surface area contributed by atoms with Gasteiger partial charge in [0, 0.05) is 25.3 Å². The van der Waals surface area contributed by atoms with E-state index >= 15 is 0 Å². The molecule has 0 saturated heterocycles. The fourth-order valence-electron chi connectivity index (χ4n) is 2.23. The summed E-state index contributed by atoms with van der Waals surface area (Å²) in [4.78, 5) is 12.6. The molecule has 1 N–H and O–H groups in total. The van der Waals surface area contributed by atoms with Gasteiger partial charge in [-0.05, 0) is 43.3 Å². The summed E-state index contributed by atoms with van der Waals surface area (Å²) in [5, 5.41) is 2.69. The average molecular weight is 378 g/mol. The molecular weight excluding hydrogens is 356 g/mol. The first-order valence-corrected chi connectivity index (χ1v) is 9.38. The van der Waals surface area contributed by atoms with Crippen LogP contribution >= 0.6 is 0 Å². The molecule has 2 rings (SSSR count). The van der Waals surface area contributed by atoms with Crippen LogP contribution in [0.1, 0.15) is 17.3 Å². The number of nitrogens with zero attached hydrogens (tertiary/aromatic N) is 1. The summed E-state index contributed by atoms with van der Waals surface area (Å²) in [7, 11) is 0.821. The standard InChI is InChI=1S/C18H22N2O5S/c1-5-25-16-10-9-13(11-17(16)24-4)18(21)19-14-7-6-8-15(12-14)26(22,23)20(2)3/h6-12H,5H2,1-4H3,(H,19,21). The van der Waals surface area contributed by atoms with Gasteiger partial charge in [0.15, 0.2) is 11.5 Å². The van der Waals surface area contributed by atoms with E-state index in [0.29, 0.717) is 29.4 Å². The monoisotopic (exact) mass is 378 g/mol. The largest absolute Gasteiger partial charge is 0.493 e. The van der Waals surface area contributed by atoms with Crippen LogP contribution in [0.25, 0.3) is 0 Å². The lowest BCUT2D eigenvalue weighted by molar-refractivity contribution is 0.102. The number of carbonyl (C=O) groups is 1. The smallest absolute Gasteiger partial charge is 0.255 e. The van der Waals surface area contributed by atoms with Gasteiger partial charge in [-0.3, -0.25) is 4.79 Å². The summed E-state index contributed by atoms with van der Waals surface area (Å²) in [5.74, 6) is 0.611. The number of rotatable bonds is 7. The van der Waals surface area contributed by atoms with Crippen molar-refractivity contribution >= 4 is 21.6 Å². The van der Waals surface area contributed by atoms with Crippen molar-refractivity contribution in [2.75, 3.05) is 33.1 Å². The van der Waals surface area contributed by atoms with Crippen molar-refractivity contribution in [3.05, 3.63) is 48.0 Å². The Morgan fingerprint density at radius 1 is 1.12 bits per heavy atom. The minimum Gasteiger partial charge on any atom is -0.493 e. The third-order valence-corrected chi connectivity index (χ3v) is 5.41. The fraction of sp³-hybridized carbons (Fsp3) is 0.278. The SMILES string of the molecule is CCOc1ccc(C(=O)Nc2cccc(S(=O)(=O)N(C)C)c2)cc1OC. The summed E-state index contributed by atoms with van der Waals surface area (Å²) in [6.45, 7) is 2.34. The Labute approximate surface area is 153 Å². The number of anilines is 1. The number of amides is 1. The van der Waals surface area contributed by atoms with Crippen LogP contribution in [0, 0.1) is 0 Å². The van der Waals surface area contributed by atoms with Crippen LogP contribution in [0.3, 0.4) is 0 Å². The zero-order valence-electron chi connectivity index (χ0n) is 15.1. The van der Waals surface area contributed by atoms with E-state index in [0.717, 1.165) is 4.31 Å². The third-order valence-electron chi connectivity index (χ3n) is 3.60. The van der Waals surface area contributed by atoms with E-state index in [1.807, 2.05) is 6.92 Å². The second-order valence-electron chi connectivity index (χ2n) is 5.57. The zero-order valence-corrected chi connectivity index (χ0v) is 16.0. The van der Waals surface area contributed by atoms with Crippen LogP contribution in [0.2, 0.25) is 0 Å². The summed E-state index contributed by atoms with van der Waals surface area (Å²) in [5.41, 5.74) is 0.747. The van der Waals surface area contributed by atoms with Crippen LogP contribution in [-0.2, 0) is 10.0 Å². The predicted molar refractivity (Wildman–Crippen MR) is 99.4 cm³/mol. The number of benzene rings is 2. The Balaban J connectivity index is 2.25. The molecule has 0 saturated carbocycles. The van der Waals surface area contributed by atoms with Crippen LogP contribution < -0.4 is 14.8 Å². The van der Waals surface area contributed by atoms with E-state index < -0.39 is 10.0 Å². The molecule has 0 heterocycles. The molecule has 0 aliphatic heterocycles. The lowest BCUT2D eigenvalue weighted by Gasteiger charge is -2.13. The van der Waals surface area contributed by atoms with Crippen molar-refractivity contribution in [2.24, 2.45) is 0 Å². The second kappa shape index (κ2) is 8.20. The molecule has 0 unspecified atom stereocenters. The van der Waals surface area contributed by atoms with Crippen LogP contribution in [0.5, 0.6) is 11.5 Å². The Bertz CT molecular complexity index is 894. The topological polar surface area (TPSA) is 84.9 Å². The van der Waals surface area contributed by atoms with Crippen molar-refractivity contribution in [3.63, 3.8) is 0 Å². The average Bonchev–Trinajstić information content (AvgIpc) is 2.62. The predicted octanol–water partition coefficient (Wildman–Crippen LogP) is 2.60. The maximum absolute atomic E-state index is 12.5. The number of sulfonamides is 1. The van der Waals surface area contributed by atoms with Gasteiger partial charge < -0.3 is 14.8 Å². The van der Waals surface area contributed by atoms with Gasteiger partial charge in [-0.1, -0.05) is 6.07 Å². The minimum atomic E-state index is -3.58. The summed E-state index contributed by atoms with van der Waals surface area (Å²) < 4.78 is 36.2. The molecular formula is C18H22N2O5S. The summed E-state index contributed by atoms with van der Waals surface area (Å²) >= 11 is 0. The van der Waals surface area contributed by atoms with Gasteiger partial charge >= 0.3 is 0 Å². The van der Waals surface area contributed by atoms with Gasteiger partial charge in [0.2, 0.25) is 10.0 Å². The second-order valence-corrected chi connectivity index (χ2v) is 7.72. The third kappa shape index (κ3) is 4.33. The highest BCUT2D eigenvalue weighted by molar-refractivity contribution is 7.89. The van der Waals surface area contributed by atoms with Gasteiger partial charge in [0.1, 0.15) is 0 Å². The van der Waals surface area contributed by atoms with E-state index in [1.165, 1.54) is 33.3 Å². The molecule has 0 fully saturated rings. The van der Waals surface area contributed by atoms with E-state index in [1.54, 1.807) is 30.3 Å². The molecule has 7 nitrogen and oxygen atoms in total. The molecule has 2 aromatic carbocycles. The molecule has 140 valence electrons. The van der Waals surface area contributed by atoms with Crippen molar-refractivity contribution in [2.45, 2.75) is 11.8 Å². The number of nitrogens with one attached hydrogen (secondary N) is 1. The van der Waals surface area contributed by atoms with Crippen LogP contribution in [0.15, 0.2) is 47.4 Å². The van der Waals surface area contributed by atoms with Gasteiger partial charge in [-0.25, -0.2) is 12.7 Å². The molecule has 26 heavy (non-hydrogen) atoms. The summed E-state index contributed by atoms with van der Waals surface area (Å²) in [6, 6.07) is 10.9. The lowest BCUT2D eigenvalue weighted by Crippen LogP contribution is -2.22. The Hall–Kier alpha value is -2.58. The molecule has 0 radical (unpaired) electrons. The first kappa shape index (κ1) is 19.7. The van der Waals surface area contributed by atoms with Crippen molar-refractivity contribution in [1.29, 1.82) is 0 Å². The van der Waals surface area contributed by atoms with Crippen molar-refractivity contribution in [1.82, 2.24) is 4.31 Å². The van der Waals surface area contributed by atoms with E-state index in [-0.39, 0.29) is 10.8 Å². The molecule has 0 aliphatic rings. The highest BCUT2D eigenvalue weighted by atomic mass is 32.2. The number of hydrogen-bond donors (Lipinski definition) is 1. The fourth-order valence-corrected chi connectivity index (χ4v) is 3.18. The van der Waals surface area contributed by atoms with E-state index in [4.69, 9.17) is 9.47 Å². The maximum Gasteiger partial charge on any atom is 0.255 e. The Kier molecular flexibility index (Phi) is 6.23. The molecule has 2 aromatic rings. The van der Waals surface area contributed by atoms with Gasteiger partial charge in [-0.15, -0.1) is 0 Å². The number of carbonyl (C=O) groups excluding carboxylic acids is 1. The van der Waals surface area contributed by atoms with E-state index in [9.17, 15) is 13.2 Å². The number of hydrogen-bond acceptors (Lipinski definition) is 5. The lowest BCUT2D eigenvalue weighted by atomic mass is 10.2. The van der Waals surface area contributed by atoms with Gasteiger partial charge in [0.25, 0.3) is 5.91 Å². The molecule has 1 amide bonds. The molecule has 0 atom stereocenters. The first-order valence-electron chi connectivity index (χ1n) is 7.94. The highest BCUT2D eigenvalue weighted by Crippen LogP contribution is 2.28. The van der Waals surface area contributed by atoms with Gasteiger partial charge in [0.05, 0.1) is 18.6 Å². The number of ether oxygens (including phenoxy) is 2. The highest BCUT2D eigenvalue weighted by Gasteiger charge is 2.18. The van der Waals surface area contributed by atoms with Crippen LogP contribution in [-0.4, -0.2) is 46.4 Å². The molecule has 0 bridgehead atoms. The molecule has 8 heteroatoms. The Morgan fingerprint density at radius 2 is 1.85 bits per heavy atom. The molecule has 0 aromatic heterocycles. The molecule has 0 spiro atoms. The quantitative estimate of drug-likeness (QED) is 0.800. The summed E-state index contributed by atoms with van der Waals surface area (Å²) in [6.07, 6.45) is 0. The Morgan fingerprint density at radius 3 is 2.46 bits per heavy atom. The van der Waals surface area contributed by atoms with Crippen LogP contribution in [0.4, 0.5) is 5.69 Å². The number of methoxy groups -OCH3 is 1. The van der Waals surface area contributed by atoms with Gasteiger partial charge in [-0.2, -0.15) is 0 Å². The minimum absolute atomic E-state index is 0.101.